The molecule has 0 amide bonds. The fourth-order valence-electron chi connectivity index (χ4n) is 2.58. The molecule has 0 spiro atoms. The first-order valence-electron chi connectivity index (χ1n) is 8.79. The third kappa shape index (κ3) is 6.80. The van der Waals surface area contributed by atoms with Gasteiger partial charge in [0.05, 0.1) is 0 Å². The Morgan fingerprint density at radius 1 is 0.429 bits per heavy atom. The summed E-state index contributed by atoms with van der Waals surface area (Å²) in [5.41, 5.74) is 4.98. The molecule has 0 unspecified atom stereocenters. The maximum Gasteiger partial charge on any atom is 0.210 e. The Bertz CT molecular complexity index is 843. The molecular formula is C24H24Cl2N2. The normalized spacial score (nSPS) is 9.21. The summed E-state index contributed by atoms with van der Waals surface area (Å²) >= 11 is 0. The monoisotopic (exact) mass is 410 g/mol. The number of aryl methyl sites for hydroxylation is 2. The standard InChI is InChI=1S/2C12H12N.2ClH/c2*1-11-5-7-12(8-6-11)13-9-3-2-4-10-13;;/h2*2-10H,1H3;2*1H/q2*+1;;/p-2. The minimum atomic E-state index is 0. The van der Waals surface area contributed by atoms with E-state index in [0.29, 0.717) is 0 Å². The van der Waals surface area contributed by atoms with E-state index >= 15 is 0 Å². The van der Waals surface area contributed by atoms with E-state index < -0.39 is 0 Å². The quantitative estimate of drug-likeness (QED) is 0.357. The van der Waals surface area contributed by atoms with Crippen molar-refractivity contribution in [2.45, 2.75) is 13.8 Å². The van der Waals surface area contributed by atoms with Crippen molar-refractivity contribution in [2.24, 2.45) is 0 Å². The largest absolute Gasteiger partial charge is 1.00 e. The first kappa shape index (κ1) is 23.4. The molecule has 0 atom stereocenters. The molecular weight excluding hydrogens is 387 g/mol. The van der Waals surface area contributed by atoms with Crippen LogP contribution in [0.4, 0.5) is 0 Å². The number of pyridine rings is 2. The number of hydrogen-bond acceptors (Lipinski definition) is 0. The number of rotatable bonds is 2. The molecule has 2 heterocycles. The summed E-state index contributed by atoms with van der Waals surface area (Å²) in [6.07, 6.45) is 8.19. The smallest absolute Gasteiger partial charge is 0.210 e. The number of aromatic nitrogens is 2. The highest BCUT2D eigenvalue weighted by Gasteiger charge is 2.02. The predicted molar refractivity (Wildman–Crippen MR) is 105 cm³/mol. The lowest BCUT2D eigenvalue weighted by Crippen LogP contribution is -3.00. The molecule has 0 aliphatic rings. The highest BCUT2D eigenvalue weighted by Crippen LogP contribution is 2.02. The van der Waals surface area contributed by atoms with Crippen LogP contribution in [0.3, 0.4) is 0 Å². The van der Waals surface area contributed by atoms with Gasteiger partial charge in [-0.15, -0.1) is 0 Å². The van der Waals surface area contributed by atoms with E-state index in [-0.39, 0.29) is 24.8 Å². The molecule has 4 heteroatoms. The fourth-order valence-corrected chi connectivity index (χ4v) is 2.58. The lowest BCUT2D eigenvalue weighted by molar-refractivity contribution is -0.596. The van der Waals surface area contributed by atoms with Crippen molar-refractivity contribution >= 4 is 0 Å². The number of nitrogens with zero attached hydrogens (tertiary/aromatic N) is 2. The Hall–Kier alpha value is -2.68. The zero-order chi connectivity index (χ0) is 18.2. The summed E-state index contributed by atoms with van der Waals surface area (Å²) in [5, 5.41) is 0. The Kier molecular flexibility index (Phi) is 9.94. The summed E-state index contributed by atoms with van der Waals surface area (Å²) in [7, 11) is 0. The first-order chi connectivity index (χ1) is 12.7. The Balaban J connectivity index is 0.000000261. The summed E-state index contributed by atoms with van der Waals surface area (Å²) in [6, 6.07) is 29.1. The lowest BCUT2D eigenvalue weighted by atomic mass is 10.2. The van der Waals surface area contributed by atoms with E-state index in [0.717, 1.165) is 0 Å². The van der Waals surface area contributed by atoms with Crippen LogP contribution in [0.2, 0.25) is 0 Å². The Morgan fingerprint density at radius 2 is 0.714 bits per heavy atom. The summed E-state index contributed by atoms with van der Waals surface area (Å²) in [6.45, 7) is 4.19. The molecule has 0 aliphatic carbocycles. The van der Waals surface area contributed by atoms with Crippen LogP contribution in [-0.4, -0.2) is 0 Å². The zero-order valence-electron chi connectivity index (χ0n) is 16.0. The van der Waals surface area contributed by atoms with E-state index in [1.54, 1.807) is 0 Å². The minimum absolute atomic E-state index is 0. The molecule has 28 heavy (non-hydrogen) atoms. The molecule has 0 N–H and O–H groups in total. The SMILES string of the molecule is Cc1ccc(-[n+]2ccccc2)cc1.Cc1ccc(-[n+]2ccccc2)cc1.[Cl-].[Cl-]. The van der Waals surface area contributed by atoms with Gasteiger partial charge in [-0.05, 0) is 13.8 Å². The molecule has 0 aliphatic heterocycles. The van der Waals surface area contributed by atoms with Crippen molar-refractivity contribution < 1.29 is 33.9 Å². The topological polar surface area (TPSA) is 7.76 Å². The summed E-state index contributed by atoms with van der Waals surface area (Å²) < 4.78 is 4.19. The second-order valence-corrected chi connectivity index (χ2v) is 6.24. The summed E-state index contributed by atoms with van der Waals surface area (Å²) in [5.74, 6) is 0. The van der Waals surface area contributed by atoms with Gasteiger partial charge in [-0.3, -0.25) is 0 Å². The van der Waals surface area contributed by atoms with Gasteiger partial charge in [0, 0.05) is 48.5 Å². The van der Waals surface area contributed by atoms with Gasteiger partial charge in [-0.25, -0.2) is 0 Å². The molecule has 2 nitrogen and oxygen atoms in total. The van der Waals surface area contributed by atoms with Gasteiger partial charge >= 0.3 is 0 Å². The van der Waals surface area contributed by atoms with Crippen molar-refractivity contribution in [2.75, 3.05) is 0 Å². The van der Waals surface area contributed by atoms with Crippen molar-refractivity contribution in [3.63, 3.8) is 0 Å². The van der Waals surface area contributed by atoms with E-state index in [4.69, 9.17) is 0 Å². The number of halogens is 2. The van der Waals surface area contributed by atoms with Crippen molar-refractivity contribution in [1.82, 2.24) is 0 Å². The molecule has 2 aromatic carbocycles. The average molecular weight is 411 g/mol. The molecule has 0 fully saturated rings. The van der Waals surface area contributed by atoms with Gasteiger partial charge in [0.1, 0.15) is 0 Å². The van der Waals surface area contributed by atoms with Gasteiger partial charge in [-0.1, -0.05) is 47.5 Å². The molecule has 0 bridgehead atoms. The zero-order valence-corrected chi connectivity index (χ0v) is 17.6. The van der Waals surface area contributed by atoms with Gasteiger partial charge in [0.2, 0.25) is 11.4 Å². The Morgan fingerprint density at radius 3 is 1.00 bits per heavy atom. The van der Waals surface area contributed by atoms with Crippen LogP contribution in [0, 0.1) is 13.8 Å². The number of hydrogen-bond donors (Lipinski definition) is 0. The highest BCUT2D eigenvalue weighted by atomic mass is 35.5. The maximum absolute atomic E-state index is 2.12. The van der Waals surface area contributed by atoms with Gasteiger partial charge in [0.25, 0.3) is 0 Å². The highest BCUT2D eigenvalue weighted by molar-refractivity contribution is 5.27. The van der Waals surface area contributed by atoms with Crippen LogP contribution >= 0.6 is 0 Å². The van der Waals surface area contributed by atoms with Crippen LogP contribution in [0.15, 0.2) is 110 Å². The molecule has 0 saturated heterocycles. The van der Waals surface area contributed by atoms with Crippen molar-refractivity contribution in [3.8, 4) is 11.4 Å². The Labute approximate surface area is 180 Å². The molecule has 0 radical (unpaired) electrons. The maximum atomic E-state index is 2.12. The number of benzene rings is 2. The molecule has 2 aromatic heterocycles. The van der Waals surface area contributed by atoms with Crippen LogP contribution in [0.1, 0.15) is 11.1 Å². The minimum Gasteiger partial charge on any atom is -1.00 e. The van der Waals surface area contributed by atoms with Crippen LogP contribution < -0.4 is 33.9 Å². The van der Waals surface area contributed by atoms with Crippen molar-refractivity contribution in [3.05, 3.63) is 121 Å². The third-order valence-corrected chi connectivity index (χ3v) is 4.10. The average Bonchev–Trinajstić information content (AvgIpc) is 2.71. The van der Waals surface area contributed by atoms with E-state index in [1.165, 1.54) is 22.5 Å². The second-order valence-electron chi connectivity index (χ2n) is 6.24. The molecule has 0 saturated carbocycles. The van der Waals surface area contributed by atoms with Crippen LogP contribution in [-0.2, 0) is 0 Å². The molecule has 144 valence electrons. The lowest BCUT2D eigenvalue weighted by Gasteiger charge is -1.94. The third-order valence-electron chi connectivity index (χ3n) is 4.10. The van der Waals surface area contributed by atoms with E-state index in [1.807, 2.05) is 61.2 Å². The fraction of sp³-hybridized carbons (Fsp3) is 0.0833. The molecule has 4 rings (SSSR count). The van der Waals surface area contributed by atoms with E-state index in [2.05, 4.69) is 71.5 Å². The van der Waals surface area contributed by atoms with Crippen LogP contribution in [0.5, 0.6) is 0 Å². The predicted octanol–water partition coefficient (Wildman–Crippen LogP) is -1.45. The van der Waals surface area contributed by atoms with Crippen molar-refractivity contribution in [1.29, 1.82) is 0 Å². The van der Waals surface area contributed by atoms with Gasteiger partial charge in [0.15, 0.2) is 24.8 Å². The van der Waals surface area contributed by atoms with Gasteiger partial charge in [-0.2, -0.15) is 9.13 Å². The van der Waals surface area contributed by atoms with E-state index in [9.17, 15) is 0 Å². The first-order valence-corrected chi connectivity index (χ1v) is 8.79. The van der Waals surface area contributed by atoms with Gasteiger partial charge < -0.3 is 24.8 Å². The second kappa shape index (κ2) is 11.9. The van der Waals surface area contributed by atoms with Crippen LogP contribution in [0.25, 0.3) is 11.4 Å². The summed E-state index contributed by atoms with van der Waals surface area (Å²) in [4.78, 5) is 0. The molecule has 4 aromatic rings.